The Morgan fingerprint density at radius 1 is 0.592 bits per heavy atom. The third-order valence-corrected chi connectivity index (χ3v) is 11.1. The second-order valence-electron chi connectivity index (χ2n) is 16.2. The van der Waals surface area contributed by atoms with Crippen LogP contribution in [0.15, 0.2) is 0 Å². The van der Waals surface area contributed by atoms with Gasteiger partial charge in [-0.15, -0.1) is 0 Å². The van der Waals surface area contributed by atoms with E-state index in [4.69, 9.17) is 18.5 Å². The van der Waals surface area contributed by atoms with E-state index in [9.17, 15) is 9.46 Å². The van der Waals surface area contributed by atoms with Crippen molar-refractivity contribution in [3.8, 4) is 0 Å². The van der Waals surface area contributed by atoms with Crippen LogP contribution in [0.2, 0.25) is 0 Å². The van der Waals surface area contributed by atoms with Gasteiger partial charge in [-0.05, 0) is 12.8 Å². The molecule has 2 atom stereocenters. The second kappa shape index (κ2) is 30.5. The fourth-order valence-corrected chi connectivity index (χ4v) is 7.63. The molecular formula is C41H84NO6P. The summed E-state index contributed by atoms with van der Waals surface area (Å²) in [7, 11) is 1.62. The second-order valence-corrected chi connectivity index (χ2v) is 17.7. The average molecular weight is 718 g/mol. The minimum Gasteiger partial charge on any atom is -0.756 e. The summed E-state index contributed by atoms with van der Waals surface area (Å²) in [6.07, 6.45) is 38.8. The number of rotatable bonds is 37. The average Bonchev–Trinajstić information content (AvgIpc) is 3.46. The van der Waals surface area contributed by atoms with Crippen LogP contribution in [0, 0.1) is 0 Å². The smallest absolute Gasteiger partial charge is 0.268 e. The number of likely N-dealkylation sites (N-methyl/N-ethyl adjacent to an activating group) is 1. The molecule has 1 aliphatic rings. The number of ether oxygens (including phenoxy) is 2. The van der Waals surface area contributed by atoms with Crippen LogP contribution in [0.5, 0.6) is 0 Å². The van der Waals surface area contributed by atoms with Gasteiger partial charge < -0.3 is 27.9 Å². The van der Waals surface area contributed by atoms with Crippen LogP contribution in [0.1, 0.15) is 206 Å². The van der Waals surface area contributed by atoms with Gasteiger partial charge in [-0.2, -0.15) is 0 Å². The maximum Gasteiger partial charge on any atom is 0.268 e. The van der Waals surface area contributed by atoms with Crippen molar-refractivity contribution in [2.75, 3.05) is 47.5 Å². The number of quaternary nitrogens is 1. The molecule has 0 saturated carbocycles. The van der Waals surface area contributed by atoms with E-state index in [1.165, 1.54) is 167 Å². The van der Waals surface area contributed by atoms with Gasteiger partial charge in [0.2, 0.25) is 0 Å². The van der Waals surface area contributed by atoms with Crippen molar-refractivity contribution in [1.29, 1.82) is 0 Å². The van der Waals surface area contributed by atoms with Gasteiger partial charge in [0.15, 0.2) is 5.79 Å². The van der Waals surface area contributed by atoms with Gasteiger partial charge in [-0.1, -0.05) is 181 Å². The number of phosphoric acid groups is 1. The molecule has 1 fully saturated rings. The highest BCUT2D eigenvalue weighted by atomic mass is 31.2. The molecule has 0 bridgehead atoms. The van der Waals surface area contributed by atoms with Crippen molar-refractivity contribution in [2.24, 2.45) is 0 Å². The van der Waals surface area contributed by atoms with Crippen LogP contribution < -0.4 is 4.89 Å². The lowest BCUT2D eigenvalue weighted by atomic mass is 9.98. The molecule has 0 radical (unpaired) electrons. The third kappa shape index (κ3) is 29.2. The zero-order valence-corrected chi connectivity index (χ0v) is 34.4. The summed E-state index contributed by atoms with van der Waals surface area (Å²) < 4.78 is 36.1. The number of phosphoric ester groups is 1. The van der Waals surface area contributed by atoms with E-state index in [1.54, 1.807) is 0 Å². The van der Waals surface area contributed by atoms with Crippen molar-refractivity contribution in [1.82, 2.24) is 0 Å². The van der Waals surface area contributed by atoms with Crippen LogP contribution in [-0.2, 0) is 23.1 Å². The summed E-state index contributed by atoms with van der Waals surface area (Å²) in [5.41, 5.74) is 0. The first-order valence-corrected chi connectivity index (χ1v) is 22.8. The number of unbranched alkanes of at least 4 members (excludes halogenated alkanes) is 26. The normalized spacial score (nSPS) is 17.6. The Morgan fingerprint density at radius 2 is 0.939 bits per heavy atom. The number of hydrogen-bond acceptors (Lipinski definition) is 6. The minimum atomic E-state index is -4.37. The molecular weight excluding hydrogens is 633 g/mol. The molecule has 49 heavy (non-hydrogen) atoms. The van der Waals surface area contributed by atoms with Gasteiger partial charge in [0.05, 0.1) is 34.4 Å². The van der Waals surface area contributed by atoms with Crippen molar-refractivity contribution < 1.29 is 32.5 Å². The highest BCUT2D eigenvalue weighted by Gasteiger charge is 2.41. The monoisotopic (exact) mass is 718 g/mol. The molecule has 0 N–H and O–H groups in total. The zero-order valence-electron chi connectivity index (χ0n) is 33.5. The molecule has 7 nitrogen and oxygen atoms in total. The molecule has 1 aliphatic heterocycles. The quantitative estimate of drug-likeness (QED) is 0.0362. The van der Waals surface area contributed by atoms with Gasteiger partial charge in [0.25, 0.3) is 7.82 Å². The lowest BCUT2D eigenvalue weighted by molar-refractivity contribution is -0.870. The molecule has 0 aromatic carbocycles. The predicted octanol–water partition coefficient (Wildman–Crippen LogP) is 12.0. The first-order valence-electron chi connectivity index (χ1n) is 21.3. The van der Waals surface area contributed by atoms with Gasteiger partial charge in [-0.3, -0.25) is 4.57 Å². The lowest BCUT2D eigenvalue weighted by Gasteiger charge is -2.29. The van der Waals surface area contributed by atoms with E-state index < -0.39 is 13.6 Å². The van der Waals surface area contributed by atoms with Crippen molar-refractivity contribution in [2.45, 2.75) is 218 Å². The standard InChI is InChI=1S/C41H84NO6P/c1-6-8-10-12-14-16-18-20-22-24-26-28-30-32-34-41(35-33-31-29-27-25-23-21-19-17-15-13-11-9-7-2)45-38-40(48-41)39-47-49(43,44)46-37-36-42(3,4)5/h40H,6-39H2,1-5H3. The molecule has 0 aromatic heterocycles. The molecule has 0 aromatic rings. The summed E-state index contributed by atoms with van der Waals surface area (Å²) >= 11 is 0. The van der Waals surface area contributed by atoms with Gasteiger partial charge in [-0.25, -0.2) is 0 Å². The van der Waals surface area contributed by atoms with Crippen LogP contribution in [0.4, 0.5) is 0 Å². The Hall–Kier alpha value is -0.0100. The van der Waals surface area contributed by atoms with E-state index in [2.05, 4.69) is 13.8 Å². The Labute approximate surface area is 305 Å². The van der Waals surface area contributed by atoms with Crippen LogP contribution >= 0.6 is 7.82 Å². The summed E-state index contributed by atoms with van der Waals surface area (Å²) in [5, 5.41) is 0. The maximum absolute atomic E-state index is 12.4. The first kappa shape index (κ1) is 47.0. The van der Waals surface area contributed by atoms with E-state index in [0.29, 0.717) is 17.6 Å². The molecule has 1 rings (SSSR count). The fourth-order valence-electron chi connectivity index (χ4n) is 6.90. The SMILES string of the molecule is CCCCCCCCCCCCCCCCC1(CCCCCCCCCCCCCCCC)OCC(COP(=O)([O-])OCC[N+](C)(C)C)O1. The molecule has 2 unspecified atom stereocenters. The first-order chi connectivity index (χ1) is 23.6. The van der Waals surface area contributed by atoms with Crippen LogP contribution in [-0.4, -0.2) is 63.9 Å². The van der Waals surface area contributed by atoms with Crippen molar-refractivity contribution in [3.05, 3.63) is 0 Å². The Kier molecular flexibility index (Phi) is 29.2. The summed E-state index contributed by atoms with van der Waals surface area (Å²) in [6.45, 7) is 5.57. The lowest BCUT2D eigenvalue weighted by Crippen LogP contribution is -2.37. The third-order valence-electron chi connectivity index (χ3n) is 10.2. The van der Waals surface area contributed by atoms with E-state index >= 15 is 0 Å². The van der Waals surface area contributed by atoms with E-state index in [-0.39, 0.29) is 19.3 Å². The largest absolute Gasteiger partial charge is 0.756 e. The summed E-state index contributed by atoms with van der Waals surface area (Å²) in [6, 6.07) is 0. The molecule has 0 spiro atoms. The van der Waals surface area contributed by atoms with E-state index in [0.717, 1.165) is 25.7 Å². The van der Waals surface area contributed by atoms with Crippen molar-refractivity contribution >= 4 is 7.82 Å². The molecule has 294 valence electrons. The van der Waals surface area contributed by atoms with Gasteiger partial charge in [0, 0.05) is 12.8 Å². The topological polar surface area (TPSA) is 77.1 Å². The Morgan fingerprint density at radius 3 is 1.29 bits per heavy atom. The zero-order chi connectivity index (χ0) is 35.9. The van der Waals surface area contributed by atoms with Crippen LogP contribution in [0.25, 0.3) is 0 Å². The Balaban J connectivity index is 2.33. The minimum absolute atomic E-state index is 0.0512. The van der Waals surface area contributed by atoms with Crippen molar-refractivity contribution in [3.63, 3.8) is 0 Å². The van der Waals surface area contributed by atoms with Gasteiger partial charge >= 0.3 is 0 Å². The maximum atomic E-state index is 12.4. The molecule has 1 saturated heterocycles. The number of hydrogen-bond donors (Lipinski definition) is 0. The molecule has 0 amide bonds. The fraction of sp³-hybridized carbons (Fsp3) is 1.00. The summed E-state index contributed by atoms with van der Waals surface area (Å²) in [5.74, 6) is -0.611. The highest BCUT2D eigenvalue weighted by Crippen LogP contribution is 2.40. The van der Waals surface area contributed by atoms with Crippen LogP contribution in [0.3, 0.4) is 0 Å². The Bertz CT molecular complexity index is 744. The van der Waals surface area contributed by atoms with Gasteiger partial charge in [0.1, 0.15) is 19.3 Å². The molecule has 0 aliphatic carbocycles. The van der Waals surface area contributed by atoms with E-state index in [1.807, 2.05) is 21.1 Å². The highest BCUT2D eigenvalue weighted by molar-refractivity contribution is 7.45. The molecule has 1 heterocycles. The number of nitrogens with zero attached hydrogens (tertiary/aromatic N) is 1. The predicted molar refractivity (Wildman–Crippen MR) is 206 cm³/mol. The summed E-state index contributed by atoms with van der Waals surface area (Å²) in [4.78, 5) is 12.4. The molecule has 8 heteroatoms.